The number of aromatic nitrogens is 3. The third kappa shape index (κ3) is 3.20. The van der Waals surface area contributed by atoms with Crippen LogP contribution >= 0.6 is 11.3 Å². The van der Waals surface area contributed by atoms with Gasteiger partial charge in [-0.25, -0.2) is 0 Å². The van der Waals surface area contributed by atoms with E-state index in [1.807, 2.05) is 72.1 Å². The maximum absolute atomic E-state index is 12.6. The zero-order chi connectivity index (χ0) is 17.1. The molecule has 0 spiro atoms. The molecule has 0 aliphatic rings. The highest BCUT2D eigenvalue weighted by Gasteiger charge is 2.14. The molecule has 2 aromatic carbocycles. The van der Waals surface area contributed by atoms with Crippen molar-refractivity contribution < 1.29 is 4.79 Å². The maximum Gasteiger partial charge on any atom is 0.277 e. The van der Waals surface area contributed by atoms with Crippen LogP contribution in [-0.2, 0) is 0 Å². The van der Waals surface area contributed by atoms with Gasteiger partial charge in [-0.1, -0.05) is 42.5 Å². The number of para-hydroxylation sites is 2. The average Bonchev–Trinajstić information content (AvgIpc) is 3.35. The Kier molecular flexibility index (Phi) is 4.10. The standard InChI is InChI=1S/C19H14N4OS/c24-19(17-13-20-23(22-17)14-7-2-1-3-8-14)21-16-10-5-4-9-15(16)18-11-6-12-25-18/h1-13H,(H,21,24). The largest absolute Gasteiger partial charge is 0.320 e. The van der Waals surface area contributed by atoms with Crippen molar-refractivity contribution in [1.82, 2.24) is 15.0 Å². The Morgan fingerprint density at radius 3 is 2.56 bits per heavy atom. The van der Waals surface area contributed by atoms with Crippen molar-refractivity contribution in [2.45, 2.75) is 0 Å². The normalized spacial score (nSPS) is 10.6. The van der Waals surface area contributed by atoms with Gasteiger partial charge in [-0.2, -0.15) is 9.90 Å². The summed E-state index contributed by atoms with van der Waals surface area (Å²) in [7, 11) is 0. The molecular formula is C19H14N4OS. The quantitative estimate of drug-likeness (QED) is 0.601. The molecule has 2 aromatic heterocycles. The SMILES string of the molecule is O=C(Nc1ccccc1-c1cccs1)c1cnn(-c2ccccc2)n1. The van der Waals surface area contributed by atoms with E-state index in [1.54, 1.807) is 11.3 Å². The van der Waals surface area contributed by atoms with Crippen molar-refractivity contribution in [3.8, 4) is 16.1 Å². The molecule has 1 N–H and O–H groups in total. The maximum atomic E-state index is 12.6. The van der Waals surface area contributed by atoms with Gasteiger partial charge in [0.05, 0.1) is 11.9 Å². The average molecular weight is 346 g/mol. The first-order valence-corrected chi connectivity index (χ1v) is 8.61. The highest BCUT2D eigenvalue weighted by Crippen LogP contribution is 2.31. The summed E-state index contributed by atoms with van der Waals surface area (Å²) in [6.45, 7) is 0. The summed E-state index contributed by atoms with van der Waals surface area (Å²) in [5, 5.41) is 13.4. The topological polar surface area (TPSA) is 59.8 Å². The predicted octanol–water partition coefficient (Wildman–Crippen LogP) is 4.25. The Balaban J connectivity index is 1.59. The highest BCUT2D eigenvalue weighted by molar-refractivity contribution is 7.13. The van der Waals surface area contributed by atoms with Gasteiger partial charge in [-0.05, 0) is 29.6 Å². The van der Waals surface area contributed by atoms with Crippen molar-refractivity contribution in [2.24, 2.45) is 0 Å². The summed E-state index contributed by atoms with van der Waals surface area (Å²) >= 11 is 1.63. The molecule has 0 saturated heterocycles. The number of carbonyl (C=O) groups excluding carboxylic acids is 1. The van der Waals surface area contributed by atoms with E-state index in [1.165, 1.54) is 11.0 Å². The number of thiophene rings is 1. The van der Waals surface area contributed by atoms with Crippen LogP contribution in [0.4, 0.5) is 5.69 Å². The number of hydrogen-bond acceptors (Lipinski definition) is 4. The fourth-order valence-electron chi connectivity index (χ4n) is 2.48. The van der Waals surface area contributed by atoms with Crippen molar-refractivity contribution in [1.29, 1.82) is 0 Å². The molecule has 0 radical (unpaired) electrons. The molecule has 2 heterocycles. The Labute approximate surface area is 148 Å². The molecule has 4 aromatic rings. The van der Waals surface area contributed by atoms with E-state index in [2.05, 4.69) is 15.5 Å². The van der Waals surface area contributed by atoms with Crippen LogP contribution in [0.5, 0.6) is 0 Å². The smallest absolute Gasteiger partial charge is 0.277 e. The molecule has 0 fully saturated rings. The number of amides is 1. The van der Waals surface area contributed by atoms with Crippen LogP contribution in [0.3, 0.4) is 0 Å². The molecule has 1 amide bonds. The van der Waals surface area contributed by atoms with Gasteiger partial charge in [0.25, 0.3) is 5.91 Å². The number of anilines is 1. The molecule has 0 bridgehead atoms. The summed E-state index contributed by atoms with van der Waals surface area (Å²) in [5.74, 6) is -0.286. The van der Waals surface area contributed by atoms with E-state index in [-0.39, 0.29) is 11.6 Å². The second-order valence-electron chi connectivity index (χ2n) is 5.33. The summed E-state index contributed by atoms with van der Waals surface area (Å²) < 4.78 is 0. The first-order valence-electron chi connectivity index (χ1n) is 7.73. The van der Waals surface area contributed by atoms with Crippen molar-refractivity contribution in [3.63, 3.8) is 0 Å². The minimum absolute atomic E-state index is 0.268. The minimum Gasteiger partial charge on any atom is -0.320 e. The van der Waals surface area contributed by atoms with E-state index in [9.17, 15) is 4.79 Å². The van der Waals surface area contributed by atoms with Crippen molar-refractivity contribution in [3.05, 3.63) is 84.0 Å². The summed E-state index contributed by atoms with van der Waals surface area (Å²) in [4.78, 5) is 15.1. The van der Waals surface area contributed by atoms with Gasteiger partial charge in [0.2, 0.25) is 0 Å². The fraction of sp³-hybridized carbons (Fsp3) is 0. The Morgan fingerprint density at radius 2 is 1.76 bits per heavy atom. The number of benzene rings is 2. The molecule has 0 aliphatic carbocycles. The van der Waals surface area contributed by atoms with Crippen LogP contribution in [0, 0.1) is 0 Å². The summed E-state index contributed by atoms with van der Waals surface area (Å²) in [5.41, 5.74) is 2.82. The third-order valence-corrected chi connectivity index (χ3v) is 4.58. The molecule has 122 valence electrons. The summed E-state index contributed by atoms with van der Waals surface area (Å²) in [6, 6.07) is 21.2. The summed E-state index contributed by atoms with van der Waals surface area (Å²) in [6.07, 6.45) is 1.47. The monoisotopic (exact) mass is 346 g/mol. The van der Waals surface area contributed by atoms with Crippen LogP contribution in [0.2, 0.25) is 0 Å². The van der Waals surface area contributed by atoms with Gasteiger partial charge in [0, 0.05) is 16.1 Å². The number of nitrogens with one attached hydrogen (secondary N) is 1. The van der Waals surface area contributed by atoms with Gasteiger partial charge in [-0.3, -0.25) is 4.79 Å². The lowest BCUT2D eigenvalue weighted by molar-refractivity contribution is 0.102. The van der Waals surface area contributed by atoms with Gasteiger partial charge >= 0.3 is 0 Å². The van der Waals surface area contributed by atoms with Gasteiger partial charge in [0.1, 0.15) is 0 Å². The van der Waals surface area contributed by atoms with Crippen LogP contribution in [0.15, 0.2) is 78.3 Å². The van der Waals surface area contributed by atoms with Crippen LogP contribution in [0.25, 0.3) is 16.1 Å². The fourth-order valence-corrected chi connectivity index (χ4v) is 3.24. The van der Waals surface area contributed by atoms with E-state index in [4.69, 9.17) is 0 Å². The van der Waals surface area contributed by atoms with E-state index < -0.39 is 0 Å². The van der Waals surface area contributed by atoms with E-state index >= 15 is 0 Å². The number of hydrogen-bond donors (Lipinski definition) is 1. The van der Waals surface area contributed by atoms with Crippen LogP contribution < -0.4 is 5.32 Å². The van der Waals surface area contributed by atoms with Crippen molar-refractivity contribution in [2.75, 3.05) is 5.32 Å². The molecule has 25 heavy (non-hydrogen) atoms. The zero-order valence-corrected chi connectivity index (χ0v) is 14.0. The number of nitrogens with zero attached hydrogens (tertiary/aromatic N) is 3. The molecule has 0 atom stereocenters. The lowest BCUT2D eigenvalue weighted by Crippen LogP contribution is -2.13. The predicted molar refractivity (Wildman–Crippen MR) is 99.1 cm³/mol. The minimum atomic E-state index is -0.286. The van der Waals surface area contributed by atoms with Gasteiger partial charge < -0.3 is 5.32 Å². The lowest BCUT2D eigenvalue weighted by Gasteiger charge is -2.08. The molecule has 5 nitrogen and oxygen atoms in total. The van der Waals surface area contributed by atoms with Crippen LogP contribution in [0.1, 0.15) is 10.5 Å². The first-order chi connectivity index (χ1) is 12.3. The van der Waals surface area contributed by atoms with Crippen molar-refractivity contribution >= 4 is 22.9 Å². The molecule has 0 saturated carbocycles. The highest BCUT2D eigenvalue weighted by atomic mass is 32.1. The lowest BCUT2D eigenvalue weighted by atomic mass is 10.1. The second kappa shape index (κ2) is 6.70. The van der Waals surface area contributed by atoms with Gasteiger partial charge in [-0.15, -0.1) is 16.4 Å². The Morgan fingerprint density at radius 1 is 0.960 bits per heavy atom. The van der Waals surface area contributed by atoms with Crippen LogP contribution in [-0.4, -0.2) is 20.9 Å². The zero-order valence-electron chi connectivity index (χ0n) is 13.2. The molecule has 0 unspecified atom stereocenters. The molecular weight excluding hydrogens is 332 g/mol. The molecule has 0 aliphatic heterocycles. The molecule has 6 heteroatoms. The number of carbonyl (C=O) groups is 1. The van der Waals surface area contributed by atoms with E-state index in [0.717, 1.165) is 21.8 Å². The Hall–Kier alpha value is -3.25. The molecule has 4 rings (SSSR count). The first kappa shape index (κ1) is 15.3. The third-order valence-electron chi connectivity index (χ3n) is 3.67. The van der Waals surface area contributed by atoms with Gasteiger partial charge in [0.15, 0.2) is 5.69 Å². The Bertz CT molecular complexity index is 993. The number of rotatable bonds is 4. The second-order valence-corrected chi connectivity index (χ2v) is 6.28. The van der Waals surface area contributed by atoms with E-state index in [0.29, 0.717) is 0 Å².